The van der Waals surface area contributed by atoms with Gasteiger partial charge in [0.05, 0.1) is 36.1 Å². The lowest BCUT2D eigenvalue weighted by atomic mass is 10.1. The van der Waals surface area contributed by atoms with Crippen molar-refractivity contribution in [2.45, 2.75) is 54.4 Å². The van der Waals surface area contributed by atoms with E-state index in [1.165, 1.54) is 0 Å². The Balaban J connectivity index is 0.00000129. The first kappa shape index (κ1) is 27.5. The fourth-order valence-corrected chi connectivity index (χ4v) is 2.43. The van der Waals surface area contributed by atoms with Crippen LogP contribution < -0.4 is 10.5 Å². The van der Waals surface area contributed by atoms with Crippen LogP contribution in [-0.4, -0.2) is 46.8 Å². The Bertz CT molecular complexity index is 763. The van der Waals surface area contributed by atoms with Crippen molar-refractivity contribution in [3.05, 3.63) is 36.8 Å². The van der Waals surface area contributed by atoms with Gasteiger partial charge in [-0.25, -0.2) is 0 Å². The summed E-state index contributed by atoms with van der Waals surface area (Å²) in [6.45, 7) is 14.4. The van der Waals surface area contributed by atoms with E-state index in [1.807, 2.05) is 59.7 Å². The van der Waals surface area contributed by atoms with Crippen molar-refractivity contribution in [2.24, 2.45) is 5.73 Å². The highest BCUT2D eigenvalue weighted by atomic mass is 16.5. The quantitative estimate of drug-likeness (QED) is 0.462. The fraction of sp³-hybridized carbons (Fsp3) is 0.522. The minimum absolute atomic E-state index is 0.487. The predicted octanol–water partition coefficient (Wildman–Crippen LogP) is 5.23. The molecule has 168 valence electrons. The average Bonchev–Trinajstić information content (AvgIpc) is 3.32. The number of nitrogens with one attached hydrogen (secondary N) is 1. The number of nitrogens with two attached hydrogens (primary N) is 1. The molecule has 0 aliphatic heterocycles. The van der Waals surface area contributed by atoms with Crippen LogP contribution in [0.15, 0.2) is 36.8 Å². The molecule has 0 aliphatic carbocycles. The number of aromatic nitrogens is 4. The molecule has 0 saturated carbocycles. The highest BCUT2D eigenvalue weighted by Crippen LogP contribution is 2.31. The molecule has 0 bridgehead atoms. The molecule has 1 aromatic carbocycles. The summed E-state index contributed by atoms with van der Waals surface area (Å²) in [4.78, 5) is 0. The van der Waals surface area contributed by atoms with E-state index >= 15 is 0 Å². The SMILES string of the molecule is CC.CC.CC.NCCCCOCCOc1cc(-c2ccnnc2)cc2[nH]ncc12. The van der Waals surface area contributed by atoms with E-state index in [1.54, 1.807) is 18.6 Å². The first-order chi connectivity index (χ1) is 14.9. The molecule has 7 heteroatoms. The highest BCUT2D eigenvalue weighted by Gasteiger charge is 2.09. The van der Waals surface area contributed by atoms with Gasteiger partial charge in [0.2, 0.25) is 0 Å². The molecular weight excluding hydrogens is 378 g/mol. The summed E-state index contributed by atoms with van der Waals surface area (Å²) in [5.74, 6) is 0.777. The highest BCUT2D eigenvalue weighted by molar-refractivity contribution is 5.89. The average molecular weight is 418 g/mol. The normalized spacial score (nSPS) is 9.43. The topological polar surface area (TPSA) is 98.9 Å². The van der Waals surface area contributed by atoms with E-state index in [0.29, 0.717) is 26.4 Å². The van der Waals surface area contributed by atoms with Gasteiger partial charge in [-0.3, -0.25) is 5.10 Å². The molecule has 0 radical (unpaired) electrons. The molecule has 0 saturated heterocycles. The van der Waals surface area contributed by atoms with Crippen molar-refractivity contribution in [1.82, 2.24) is 20.4 Å². The van der Waals surface area contributed by atoms with Gasteiger partial charge in [0.25, 0.3) is 0 Å². The zero-order chi connectivity index (χ0) is 22.6. The molecule has 7 nitrogen and oxygen atoms in total. The van der Waals surface area contributed by atoms with Crippen LogP contribution in [0.4, 0.5) is 0 Å². The number of hydrogen-bond acceptors (Lipinski definition) is 6. The Morgan fingerprint density at radius 1 is 0.867 bits per heavy atom. The zero-order valence-electron chi connectivity index (χ0n) is 19.4. The Kier molecular flexibility index (Phi) is 17.0. The van der Waals surface area contributed by atoms with Crippen LogP contribution in [0.1, 0.15) is 54.4 Å². The number of hydrogen-bond donors (Lipinski definition) is 2. The maximum Gasteiger partial charge on any atom is 0.131 e. The lowest BCUT2D eigenvalue weighted by Crippen LogP contribution is -2.08. The van der Waals surface area contributed by atoms with E-state index in [9.17, 15) is 0 Å². The van der Waals surface area contributed by atoms with Crippen LogP contribution in [-0.2, 0) is 4.74 Å². The first-order valence-corrected chi connectivity index (χ1v) is 11.0. The molecule has 2 aromatic heterocycles. The number of ether oxygens (including phenoxy) is 2. The summed E-state index contributed by atoms with van der Waals surface area (Å²) < 4.78 is 11.4. The number of unbranched alkanes of at least 4 members (excludes halogenated alkanes) is 1. The molecule has 0 aliphatic rings. The molecule has 3 rings (SSSR count). The third-order valence-electron chi connectivity index (χ3n) is 3.67. The van der Waals surface area contributed by atoms with Crippen molar-refractivity contribution < 1.29 is 9.47 Å². The summed E-state index contributed by atoms with van der Waals surface area (Å²) >= 11 is 0. The van der Waals surface area contributed by atoms with Crippen molar-refractivity contribution >= 4 is 10.9 Å². The lowest BCUT2D eigenvalue weighted by molar-refractivity contribution is 0.0982. The molecule has 30 heavy (non-hydrogen) atoms. The molecule has 0 atom stereocenters. The monoisotopic (exact) mass is 417 g/mol. The minimum Gasteiger partial charge on any atom is -0.490 e. The number of fused-ring (bicyclic) bond motifs is 1. The summed E-state index contributed by atoms with van der Waals surface area (Å²) in [5.41, 5.74) is 8.35. The molecule has 0 fully saturated rings. The van der Waals surface area contributed by atoms with E-state index in [4.69, 9.17) is 15.2 Å². The molecule has 0 spiro atoms. The summed E-state index contributed by atoms with van der Waals surface area (Å²) in [7, 11) is 0. The Labute approximate surface area is 181 Å². The maximum atomic E-state index is 5.90. The van der Waals surface area contributed by atoms with Crippen LogP contribution >= 0.6 is 0 Å². The van der Waals surface area contributed by atoms with Gasteiger partial charge in [-0.05, 0) is 43.1 Å². The smallest absolute Gasteiger partial charge is 0.131 e. The Hall–Kier alpha value is -2.51. The Morgan fingerprint density at radius 3 is 2.30 bits per heavy atom. The maximum absolute atomic E-state index is 5.90. The third-order valence-corrected chi connectivity index (χ3v) is 3.67. The second-order valence-corrected chi connectivity index (χ2v) is 5.39. The standard InChI is InChI=1S/C17H21N5O2.3C2H6/c18-4-1-2-6-23-7-8-24-17-10-14(13-3-5-19-20-11-13)9-16-15(17)12-21-22-16;3*1-2/h3,5,9-12H,1-2,4,6-8,18H2,(H,21,22);3*1-2H3. The first-order valence-electron chi connectivity index (χ1n) is 11.0. The second-order valence-electron chi connectivity index (χ2n) is 5.39. The van der Waals surface area contributed by atoms with Gasteiger partial charge in [-0.15, -0.1) is 0 Å². The van der Waals surface area contributed by atoms with Gasteiger partial charge in [-0.1, -0.05) is 41.5 Å². The van der Waals surface area contributed by atoms with Gasteiger partial charge in [0.15, 0.2) is 0 Å². The van der Waals surface area contributed by atoms with Gasteiger partial charge in [0.1, 0.15) is 12.4 Å². The summed E-state index contributed by atoms with van der Waals surface area (Å²) in [6, 6.07) is 5.92. The molecule has 0 amide bonds. The van der Waals surface area contributed by atoms with E-state index in [2.05, 4.69) is 20.4 Å². The number of rotatable bonds is 9. The van der Waals surface area contributed by atoms with E-state index in [-0.39, 0.29) is 0 Å². The van der Waals surface area contributed by atoms with Crippen molar-refractivity contribution in [3.63, 3.8) is 0 Å². The van der Waals surface area contributed by atoms with Crippen molar-refractivity contribution in [2.75, 3.05) is 26.4 Å². The van der Waals surface area contributed by atoms with Crippen molar-refractivity contribution in [1.29, 1.82) is 0 Å². The molecule has 3 N–H and O–H groups in total. The van der Waals surface area contributed by atoms with Crippen LogP contribution in [0.3, 0.4) is 0 Å². The number of benzene rings is 1. The van der Waals surface area contributed by atoms with Crippen LogP contribution in [0.25, 0.3) is 22.0 Å². The largest absolute Gasteiger partial charge is 0.490 e. The minimum atomic E-state index is 0.487. The predicted molar refractivity (Wildman–Crippen MR) is 126 cm³/mol. The van der Waals surface area contributed by atoms with Crippen LogP contribution in [0.2, 0.25) is 0 Å². The number of nitrogens with zero attached hydrogens (tertiary/aromatic N) is 3. The molecule has 2 heterocycles. The van der Waals surface area contributed by atoms with Gasteiger partial charge in [-0.2, -0.15) is 15.3 Å². The molecule has 0 unspecified atom stereocenters. The summed E-state index contributed by atoms with van der Waals surface area (Å²) in [6.07, 6.45) is 7.12. The third kappa shape index (κ3) is 9.33. The zero-order valence-corrected chi connectivity index (χ0v) is 19.4. The fourth-order valence-electron chi connectivity index (χ4n) is 2.43. The van der Waals surface area contributed by atoms with Gasteiger partial charge >= 0.3 is 0 Å². The molecule has 3 aromatic rings. The summed E-state index contributed by atoms with van der Waals surface area (Å²) in [5, 5.41) is 15.8. The van der Waals surface area contributed by atoms with Crippen LogP contribution in [0, 0.1) is 0 Å². The van der Waals surface area contributed by atoms with E-state index in [0.717, 1.165) is 40.6 Å². The number of aromatic amines is 1. The lowest BCUT2D eigenvalue weighted by Gasteiger charge is -2.10. The van der Waals surface area contributed by atoms with Gasteiger partial charge in [0, 0.05) is 12.2 Å². The number of H-pyrrole nitrogens is 1. The van der Waals surface area contributed by atoms with E-state index < -0.39 is 0 Å². The van der Waals surface area contributed by atoms with Crippen LogP contribution in [0.5, 0.6) is 5.75 Å². The Morgan fingerprint density at radius 2 is 1.63 bits per heavy atom. The second kappa shape index (κ2) is 18.5. The molecular formula is C23H39N5O2. The van der Waals surface area contributed by atoms with Crippen molar-refractivity contribution in [3.8, 4) is 16.9 Å². The van der Waals surface area contributed by atoms with Gasteiger partial charge < -0.3 is 15.2 Å².